The van der Waals surface area contributed by atoms with Gasteiger partial charge in [-0.05, 0) is 11.8 Å². The molecule has 0 unspecified atom stereocenters. The standard InChI is InChI=1S/C10H18FNO/c1-6-10(3,4)7-12(5)9(13)8(2)11/h2,6-7H2,1,3-5H3. The molecule has 2 nitrogen and oxygen atoms in total. The number of carbonyl (C=O) groups excluding carboxylic acids is 1. The number of nitrogens with zero attached hydrogens (tertiary/aromatic N) is 1. The fourth-order valence-electron chi connectivity index (χ4n) is 1.03. The predicted octanol–water partition coefficient (Wildman–Crippen LogP) is 2.36. The molecule has 0 fully saturated rings. The minimum atomic E-state index is -0.894. The number of carbonyl (C=O) groups is 1. The normalized spacial score (nSPS) is 11.2. The highest BCUT2D eigenvalue weighted by Crippen LogP contribution is 2.21. The maximum Gasteiger partial charge on any atom is 0.281 e. The first-order valence-corrected chi connectivity index (χ1v) is 4.40. The lowest BCUT2D eigenvalue weighted by Gasteiger charge is -2.28. The molecular formula is C10H18FNO. The highest BCUT2D eigenvalue weighted by Gasteiger charge is 2.21. The first kappa shape index (κ1) is 12.1. The van der Waals surface area contributed by atoms with Crippen LogP contribution < -0.4 is 0 Å². The molecule has 0 bridgehead atoms. The highest BCUT2D eigenvalue weighted by molar-refractivity contribution is 5.90. The lowest BCUT2D eigenvalue weighted by Crippen LogP contribution is -2.35. The Kier molecular flexibility index (Phi) is 4.11. The summed E-state index contributed by atoms with van der Waals surface area (Å²) < 4.78 is 12.4. The smallest absolute Gasteiger partial charge is 0.281 e. The minimum absolute atomic E-state index is 0.0276. The minimum Gasteiger partial charge on any atom is -0.339 e. The van der Waals surface area contributed by atoms with Crippen LogP contribution in [0.2, 0.25) is 0 Å². The molecule has 0 aliphatic carbocycles. The fraction of sp³-hybridized carbons (Fsp3) is 0.700. The summed E-state index contributed by atoms with van der Waals surface area (Å²) in [6.45, 7) is 9.64. The van der Waals surface area contributed by atoms with Crippen molar-refractivity contribution in [2.75, 3.05) is 13.6 Å². The van der Waals surface area contributed by atoms with E-state index in [1.54, 1.807) is 7.05 Å². The number of halogens is 1. The van der Waals surface area contributed by atoms with Gasteiger partial charge in [-0.1, -0.05) is 27.4 Å². The SMILES string of the molecule is C=C(F)C(=O)N(C)CC(C)(C)CC. The summed E-state index contributed by atoms with van der Waals surface area (Å²) in [5.41, 5.74) is 0.0276. The summed E-state index contributed by atoms with van der Waals surface area (Å²) >= 11 is 0. The van der Waals surface area contributed by atoms with Crippen LogP contribution >= 0.6 is 0 Å². The molecule has 0 aromatic carbocycles. The van der Waals surface area contributed by atoms with Crippen LogP contribution in [0.1, 0.15) is 27.2 Å². The van der Waals surface area contributed by atoms with E-state index < -0.39 is 11.7 Å². The monoisotopic (exact) mass is 187 g/mol. The van der Waals surface area contributed by atoms with E-state index in [1.165, 1.54) is 4.90 Å². The Hall–Kier alpha value is -0.860. The van der Waals surface area contributed by atoms with Crippen LogP contribution in [0.15, 0.2) is 12.4 Å². The van der Waals surface area contributed by atoms with Gasteiger partial charge in [-0.25, -0.2) is 4.39 Å². The summed E-state index contributed by atoms with van der Waals surface area (Å²) in [5.74, 6) is -1.52. The van der Waals surface area contributed by atoms with E-state index in [4.69, 9.17) is 0 Å². The number of rotatable bonds is 4. The summed E-state index contributed by atoms with van der Waals surface area (Å²) in [6.07, 6.45) is 0.948. The van der Waals surface area contributed by atoms with Gasteiger partial charge in [-0.15, -0.1) is 0 Å². The quantitative estimate of drug-likeness (QED) is 0.619. The number of hydrogen-bond acceptors (Lipinski definition) is 1. The molecule has 0 heterocycles. The second kappa shape index (κ2) is 4.40. The van der Waals surface area contributed by atoms with Crippen molar-refractivity contribution in [3.8, 4) is 0 Å². The van der Waals surface area contributed by atoms with E-state index in [9.17, 15) is 9.18 Å². The zero-order valence-corrected chi connectivity index (χ0v) is 8.85. The van der Waals surface area contributed by atoms with E-state index in [-0.39, 0.29) is 5.41 Å². The van der Waals surface area contributed by atoms with Crippen LogP contribution in [-0.4, -0.2) is 24.4 Å². The topological polar surface area (TPSA) is 20.3 Å². The van der Waals surface area contributed by atoms with E-state index in [1.807, 2.05) is 20.8 Å². The summed E-state index contributed by atoms with van der Waals surface area (Å²) in [4.78, 5) is 12.5. The predicted molar refractivity (Wildman–Crippen MR) is 52.0 cm³/mol. The fourth-order valence-corrected chi connectivity index (χ4v) is 1.03. The second-order valence-corrected chi connectivity index (χ2v) is 4.08. The van der Waals surface area contributed by atoms with Crippen molar-refractivity contribution in [3.63, 3.8) is 0 Å². The van der Waals surface area contributed by atoms with Gasteiger partial charge in [0.15, 0.2) is 5.83 Å². The maximum atomic E-state index is 12.4. The van der Waals surface area contributed by atoms with Gasteiger partial charge >= 0.3 is 0 Å². The van der Waals surface area contributed by atoms with Crippen molar-refractivity contribution in [1.29, 1.82) is 0 Å². The van der Waals surface area contributed by atoms with Crippen LogP contribution in [0.5, 0.6) is 0 Å². The number of likely N-dealkylation sites (N-methyl/N-ethyl adjacent to an activating group) is 1. The van der Waals surface area contributed by atoms with E-state index in [2.05, 4.69) is 6.58 Å². The second-order valence-electron chi connectivity index (χ2n) is 4.08. The van der Waals surface area contributed by atoms with E-state index >= 15 is 0 Å². The van der Waals surface area contributed by atoms with Crippen molar-refractivity contribution in [2.24, 2.45) is 5.41 Å². The van der Waals surface area contributed by atoms with Gasteiger partial charge < -0.3 is 4.90 Å². The summed E-state index contributed by atoms with van der Waals surface area (Å²) in [7, 11) is 1.59. The Bertz CT molecular complexity index is 211. The number of amides is 1. The maximum absolute atomic E-state index is 12.4. The molecule has 76 valence electrons. The first-order chi connectivity index (χ1) is 5.80. The molecule has 13 heavy (non-hydrogen) atoms. The van der Waals surface area contributed by atoms with Crippen molar-refractivity contribution in [3.05, 3.63) is 12.4 Å². The highest BCUT2D eigenvalue weighted by atomic mass is 19.1. The molecule has 0 N–H and O–H groups in total. The van der Waals surface area contributed by atoms with Gasteiger partial charge in [0.2, 0.25) is 0 Å². The molecular weight excluding hydrogens is 169 g/mol. The average molecular weight is 187 g/mol. The molecule has 0 saturated heterocycles. The van der Waals surface area contributed by atoms with Gasteiger partial charge in [0.1, 0.15) is 0 Å². The molecule has 3 heteroatoms. The molecule has 0 spiro atoms. The van der Waals surface area contributed by atoms with E-state index in [0.717, 1.165) is 6.42 Å². The van der Waals surface area contributed by atoms with Gasteiger partial charge in [0, 0.05) is 13.6 Å². The summed E-state index contributed by atoms with van der Waals surface area (Å²) in [6, 6.07) is 0. The van der Waals surface area contributed by atoms with Crippen LogP contribution in [0.3, 0.4) is 0 Å². The molecule has 0 atom stereocenters. The third kappa shape index (κ3) is 4.06. The molecule has 0 saturated carbocycles. The Morgan fingerprint density at radius 1 is 1.54 bits per heavy atom. The van der Waals surface area contributed by atoms with Gasteiger partial charge in [-0.2, -0.15) is 0 Å². The zero-order chi connectivity index (χ0) is 10.6. The third-order valence-corrected chi connectivity index (χ3v) is 2.20. The molecule has 0 aromatic rings. The van der Waals surface area contributed by atoms with Gasteiger partial charge in [0.05, 0.1) is 0 Å². The van der Waals surface area contributed by atoms with Crippen LogP contribution in [0, 0.1) is 5.41 Å². The lowest BCUT2D eigenvalue weighted by molar-refractivity contribution is -0.128. The van der Waals surface area contributed by atoms with Crippen molar-refractivity contribution in [1.82, 2.24) is 4.90 Å². The lowest BCUT2D eigenvalue weighted by atomic mass is 9.90. The first-order valence-electron chi connectivity index (χ1n) is 4.40. The molecule has 0 aliphatic rings. The Labute approximate surface area is 79.4 Å². The van der Waals surface area contributed by atoms with Crippen molar-refractivity contribution in [2.45, 2.75) is 27.2 Å². The van der Waals surface area contributed by atoms with Crippen molar-refractivity contribution >= 4 is 5.91 Å². The molecule has 1 amide bonds. The molecule has 0 radical (unpaired) electrons. The van der Waals surface area contributed by atoms with Crippen LogP contribution in [0.4, 0.5) is 4.39 Å². The third-order valence-electron chi connectivity index (χ3n) is 2.20. The largest absolute Gasteiger partial charge is 0.339 e. The Morgan fingerprint density at radius 3 is 2.31 bits per heavy atom. The van der Waals surface area contributed by atoms with Crippen LogP contribution in [-0.2, 0) is 4.79 Å². The molecule has 0 aromatic heterocycles. The van der Waals surface area contributed by atoms with Crippen LogP contribution in [0.25, 0.3) is 0 Å². The van der Waals surface area contributed by atoms with E-state index in [0.29, 0.717) is 6.54 Å². The zero-order valence-electron chi connectivity index (χ0n) is 8.85. The molecule has 0 aliphatic heterocycles. The number of hydrogen-bond donors (Lipinski definition) is 0. The van der Waals surface area contributed by atoms with Crippen molar-refractivity contribution < 1.29 is 9.18 Å². The molecule has 0 rings (SSSR count). The van der Waals surface area contributed by atoms with Gasteiger partial charge in [-0.3, -0.25) is 4.79 Å². The van der Waals surface area contributed by atoms with Gasteiger partial charge in [0.25, 0.3) is 5.91 Å². The average Bonchev–Trinajstić information content (AvgIpc) is 2.02. The Morgan fingerprint density at radius 2 is 2.00 bits per heavy atom. The summed E-state index contributed by atoms with van der Waals surface area (Å²) in [5, 5.41) is 0. The Balaban J connectivity index is 4.23.